The van der Waals surface area contributed by atoms with Gasteiger partial charge in [0, 0.05) is 23.8 Å². The molecule has 3 aromatic rings. The molecule has 2 aromatic carbocycles. The minimum atomic E-state index is -0.373. The average molecular weight is 350 g/mol. The van der Waals surface area contributed by atoms with E-state index in [0.29, 0.717) is 18.1 Å². The molecule has 26 heavy (non-hydrogen) atoms. The second-order valence-corrected chi connectivity index (χ2v) is 6.11. The van der Waals surface area contributed by atoms with Crippen LogP contribution in [0.3, 0.4) is 0 Å². The number of carbonyl (C=O) groups excluding carboxylic acids is 1. The van der Waals surface area contributed by atoms with E-state index in [9.17, 15) is 4.79 Å². The number of aromatic nitrogens is 4. The van der Waals surface area contributed by atoms with E-state index in [1.165, 1.54) is 0 Å². The molecule has 1 aromatic heterocycles. The highest BCUT2D eigenvalue weighted by Crippen LogP contribution is 2.23. The number of nitrogens with zero attached hydrogens (tertiary/aromatic N) is 4. The summed E-state index contributed by atoms with van der Waals surface area (Å²) in [5.41, 5.74) is 8.71. The molecule has 3 N–H and O–H groups in total. The smallest absolute Gasteiger partial charge is 0.229 e. The molecule has 0 aliphatic heterocycles. The van der Waals surface area contributed by atoms with Gasteiger partial charge >= 0.3 is 0 Å². The Labute approximate surface area is 152 Å². The Morgan fingerprint density at radius 3 is 2.69 bits per heavy atom. The maximum Gasteiger partial charge on any atom is 0.229 e. The summed E-state index contributed by atoms with van der Waals surface area (Å²) in [5.74, 6) is 0.160. The summed E-state index contributed by atoms with van der Waals surface area (Å²) < 4.78 is 1.70. The van der Waals surface area contributed by atoms with E-state index in [1.807, 2.05) is 68.4 Å². The van der Waals surface area contributed by atoms with Crippen molar-refractivity contribution in [2.24, 2.45) is 11.7 Å². The minimum Gasteiger partial charge on any atom is -0.326 e. The Kier molecular flexibility index (Phi) is 5.38. The van der Waals surface area contributed by atoms with Crippen molar-refractivity contribution < 1.29 is 4.79 Å². The first-order valence-electron chi connectivity index (χ1n) is 8.58. The van der Waals surface area contributed by atoms with Crippen LogP contribution in [-0.4, -0.2) is 26.1 Å². The van der Waals surface area contributed by atoms with Crippen LogP contribution in [0.5, 0.6) is 0 Å². The number of tetrazole rings is 1. The molecule has 1 heterocycles. The zero-order valence-electron chi connectivity index (χ0n) is 14.8. The predicted molar refractivity (Wildman–Crippen MR) is 100 cm³/mol. The van der Waals surface area contributed by atoms with Gasteiger partial charge in [-0.05, 0) is 35.0 Å². The summed E-state index contributed by atoms with van der Waals surface area (Å²) >= 11 is 0. The summed E-state index contributed by atoms with van der Waals surface area (Å²) in [5, 5.41) is 14.6. The van der Waals surface area contributed by atoms with E-state index in [-0.39, 0.29) is 17.9 Å². The van der Waals surface area contributed by atoms with Crippen LogP contribution in [0, 0.1) is 5.92 Å². The van der Waals surface area contributed by atoms with Gasteiger partial charge in [-0.1, -0.05) is 49.4 Å². The zero-order valence-corrected chi connectivity index (χ0v) is 14.8. The Morgan fingerprint density at radius 2 is 1.96 bits per heavy atom. The van der Waals surface area contributed by atoms with Crippen LogP contribution < -0.4 is 11.1 Å². The van der Waals surface area contributed by atoms with Crippen LogP contribution in [-0.2, 0) is 11.3 Å². The Morgan fingerprint density at radius 1 is 1.19 bits per heavy atom. The Hall–Kier alpha value is -3.06. The summed E-state index contributed by atoms with van der Waals surface area (Å²) in [6.45, 7) is 4.47. The molecule has 7 heteroatoms. The monoisotopic (exact) mass is 350 g/mol. The standard InChI is InChI=1S/C19H22N6O/c1-3-25-18(22-23-24-25)15-10-7-11-16(12-15)21-19(26)13(2)17(20)14-8-5-4-6-9-14/h4-13,17H,3,20H2,1-2H3,(H,21,26). The van der Waals surface area contributed by atoms with Gasteiger partial charge in [0.15, 0.2) is 5.82 Å². The van der Waals surface area contributed by atoms with Crippen molar-refractivity contribution in [3.05, 3.63) is 60.2 Å². The van der Waals surface area contributed by atoms with Gasteiger partial charge in [0.05, 0.1) is 5.92 Å². The molecule has 134 valence electrons. The molecule has 2 atom stereocenters. The third-order valence-corrected chi connectivity index (χ3v) is 4.36. The molecule has 3 rings (SSSR count). The summed E-state index contributed by atoms with van der Waals surface area (Å²) in [4.78, 5) is 12.6. The topological polar surface area (TPSA) is 98.7 Å². The van der Waals surface area contributed by atoms with Crippen LogP contribution in [0.4, 0.5) is 5.69 Å². The van der Waals surface area contributed by atoms with Crippen molar-refractivity contribution in [2.45, 2.75) is 26.4 Å². The van der Waals surface area contributed by atoms with E-state index in [0.717, 1.165) is 11.1 Å². The molecule has 0 saturated carbocycles. The van der Waals surface area contributed by atoms with Crippen molar-refractivity contribution in [1.29, 1.82) is 0 Å². The molecule has 0 aliphatic rings. The molecule has 2 unspecified atom stereocenters. The summed E-state index contributed by atoms with van der Waals surface area (Å²) in [7, 11) is 0. The number of hydrogen-bond acceptors (Lipinski definition) is 5. The highest BCUT2D eigenvalue weighted by molar-refractivity contribution is 5.93. The first kappa shape index (κ1) is 17.8. The maximum atomic E-state index is 12.6. The molecule has 7 nitrogen and oxygen atoms in total. The Bertz CT molecular complexity index is 877. The lowest BCUT2D eigenvalue weighted by molar-refractivity contribution is -0.120. The highest BCUT2D eigenvalue weighted by Gasteiger charge is 2.22. The van der Waals surface area contributed by atoms with Gasteiger partial charge in [-0.2, -0.15) is 0 Å². The van der Waals surface area contributed by atoms with E-state index in [2.05, 4.69) is 20.8 Å². The van der Waals surface area contributed by atoms with Crippen LogP contribution in [0.2, 0.25) is 0 Å². The number of nitrogens with two attached hydrogens (primary N) is 1. The van der Waals surface area contributed by atoms with Gasteiger partial charge in [0.25, 0.3) is 0 Å². The van der Waals surface area contributed by atoms with Crippen LogP contribution in [0.1, 0.15) is 25.5 Å². The second-order valence-electron chi connectivity index (χ2n) is 6.11. The Balaban J connectivity index is 1.74. The van der Waals surface area contributed by atoms with Crippen molar-refractivity contribution >= 4 is 11.6 Å². The van der Waals surface area contributed by atoms with Crippen molar-refractivity contribution in [1.82, 2.24) is 20.2 Å². The van der Waals surface area contributed by atoms with Crippen LogP contribution in [0.15, 0.2) is 54.6 Å². The van der Waals surface area contributed by atoms with Gasteiger partial charge in [-0.25, -0.2) is 4.68 Å². The van der Waals surface area contributed by atoms with E-state index < -0.39 is 0 Å². The number of rotatable bonds is 6. The quantitative estimate of drug-likeness (QED) is 0.712. The molecule has 0 spiro atoms. The molecule has 0 aliphatic carbocycles. The molecule has 0 radical (unpaired) electrons. The minimum absolute atomic E-state index is 0.131. The maximum absolute atomic E-state index is 12.6. The molecule has 0 saturated heterocycles. The number of nitrogens with one attached hydrogen (secondary N) is 1. The lowest BCUT2D eigenvalue weighted by Crippen LogP contribution is -2.30. The second kappa shape index (κ2) is 7.88. The normalized spacial score (nSPS) is 13.2. The van der Waals surface area contributed by atoms with E-state index in [4.69, 9.17) is 5.73 Å². The fourth-order valence-corrected chi connectivity index (χ4v) is 2.74. The first-order valence-corrected chi connectivity index (χ1v) is 8.58. The third kappa shape index (κ3) is 3.78. The van der Waals surface area contributed by atoms with Crippen molar-refractivity contribution in [3.63, 3.8) is 0 Å². The zero-order chi connectivity index (χ0) is 18.5. The fourth-order valence-electron chi connectivity index (χ4n) is 2.74. The van der Waals surface area contributed by atoms with Crippen LogP contribution >= 0.6 is 0 Å². The van der Waals surface area contributed by atoms with Crippen molar-refractivity contribution in [3.8, 4) is 11.4 Å². The number of carbonyl (C=O) groups is 1. The first-order chi connectivity index (χ1) is 12.6. The summed E-state index contributed by atoms with van der Waals surface area (Å²) in [6, 6.07) is 16.7. The predicted octanol–water partition coefficient (Wildman–Crippen LogP) is 2.63. The van der Waals surface area contributed by atoms with E-state index >= 15 is 0 Å². The lowest BCUT2D eigenvalue weighted by atomic mass is 9.94. The number of amides is 1. The number of hydrogen-bond donors (Lipinski definition) is 2. The number of anilines is 1. The van der Waals surface area contributed by atoms with Gasteiger partial charge in [0.1, 0.15) is 0 Å². The van der Waals surface area contributed by atoms with Gasteiger partial charge in [-0.3, -0.25) is 4.79 Å². The largest absolute Gasteiger partial charge is 0.326 e. The molecular formula is C19H22N6O. The summed E-state index contributed by atoms with van der Waals surface area (Å²) in [6.07, 6.45) is 0. The molecule has 0 bridgehead atoms. The third-order valence-electron chi connectivity index (χ3n) is 4.36. The SMILES string of the molecule is CCn1nnnc1-c1cccc(NC(=O)C(C)C(N)c2ccccc2)c1. The van der Waals surface area contributed by atoms with Crippen LogP contribution in [0.25, 0.3) is 11.4 Å². The molecule has 1 amide bonds. The van der Waals surface area contributed by atoms with Crippen molar-refractivity contribution in [2.75, 3.05) is 5.32 Å². The van der Waals surface area contributed by atoms with Gasteiger partial charge in [0.2, 0.25) is 5.91 Å². The molecular weight excluding hydrogens is 328 g/mol. The fraction of sp³-hybridized carbons (Fsp3) is 0.263. The number of aryl methyl sites for hydroxylation is 1. The lowest BCUT2D eigenvalue weighted by Gasteiger charge is -2.20. The number of benzene rings is 2. The van der Waals surface area contributed by atoms with Gasteiger partial charge in [-0.15, -0.1) is 5.10 Å². The highest BCUT2D eigenvalue weighted by atomic mass is 16.1. The van der Waals surface area contributed by atoms with E-state index in [1.54, 1.807) is 4.68 Å². The average Bonchev–Trinajstić information content (AvgIpc) is 3.16. The van der Waals surface area contributed by atoms with Gasteiger partial charge < -0.3 is 11.1 Å². The molecule has 0 fully saturated rings.